The lowest BCUT2D eigenvalue weighted by Gasteiger charge is -2.12. The molecule has 0 aromatic heterocycles. The lowest BCUT2D eigenvalue weighted by molar-refractivity contribution is 0.0994. The zero-order chi connectivity index (χ0) is 14.0. The number of halogens is 2. The van der Waals surface area contributed by atoms with Gasteiger partial charge in [-0.2, -0.15) is 0 Å². The van der Waals surface area contributed by atoms with Crippen LogP contribution in [-0.2, 0) is 0 Å². The van der Waals surface area contributed by atoms with E-state index in [2.05, 4.69) is 15.9 Å². The van der Waals surface area contributed by atoms with Crippen molar-refractivity contribution in [2.45, 2.75) is 6.92 Å². The molecule has 3 nitrogen and oxygen atoms in total. The Balaban J connectivity index is 2.44. The number of aryl methyl sites for hydroxylation is 1. The summed E-state index contributed by atoms with van der Waals surface area (Å²) in [6.07, 6.45) is 0. The Kier molecular flexibility index (Phi) is 3.85. The molecule has 0 bridgehead atoms. The van der Waals surface area contributed by atoms with Gasteiger partial charge in [-0.15, -0.1) is 0 Å². The molecule has 2 aromatic carbocycles. The molecule has 0 unspecified atom stereocenters. The van der Waals surface area contributed by atoms with Crippen LogP contribution in [0.15, 0.2) is 40.9 Å². The second kappa shape index (κ2) is 5.40. The van der Waals surface area contributed by atoms with Crippen molar-refractivity contribution in [3.8, 4) is 11.5 Å². The molecule has 0 heterocycles. The predicted octanol–water partition coefficient (Wildman–Crippen LogP) is 3.79. The van der Waals surface area contributed by atoms with E-state index in [0.717, 1.165) is 10.0 Å². The van der Waals surface area contributed by atoms with Gasteiger partial charge in [0.1, 0.15) is 22.9 Å². The number of carbonyl (C=O) groups is 1. The van der Waals surface area contributed by atoms with Crippen molar-refractivity contribution in [3.63, 3.8) is 0 Å². The van der Waals surface area contributed by atoms with Crippen molar-refractivity contribution < 1.29 is 13.9 Å². The molecule has 2 aromatic rings. The Morgan fingerprint density at radius 3 is 2.63 bits per heavy atom. The highest BCUT2D eigenvalue weighted by Crippen LogP contribution is 2.30. The second-order valence-corrected chi connectivity index (χ2v) is 4.90. The van der Waals surface area contributed by atoms with Crippen LogP contribution < -0.4 is 10.5 Å². The monoisotopic (exact) mass is 323 g/mol. The van der Waals surface area contributed by atoms with E-state index in [-0.39, 0.29) is 11.3 Å². The Morgan fingerprint density at radius 1 is 1.26 bits per heavy atom. The number of hydrogen-bond donors (Lipinski definition) is 1. The van der Waals surface area contributed by atoms with Crippen molar-refractivity contribution >= 4 is 21.8 Å². The van der Waals surface area contributed by atoms with Crippen LogP contribution in [0.25, 0.3) is 0 Å². The Morgan fingerprint density at radius 2 is 2.00 bits per heavy atom. The first-order chi connectivity index (χ1) is 8.99. The van der Waals surface area contributed by atoms with Crippen LogP contribution in [0.1, 0.15) is 15.9 Å². The van der Waals surface area contributed by atoms with Gasteiger partial charge in [0.2, 0.25) is 0 Å². The zero-order valence-corrected chi connectivity index (χ0v) is 11.7. The highest BCUT2D eigenvalue weighted by molar-refractivity contribution is 9.10. The Hall–Kier alpha value is -1.88. The largest absolute Gasteiger partial charge is 0.456 e. The molecule has 0 saturated carbocycles. The molecule has 2 rings (SSSR count). The smallest absolute Gasteiger partial charge is 0.255 e. The van der Waals surface area contributed by atoms with Gasteiger partial charge < -0.3 is 10.5 Å². The first-order valence-corrected chi connectivity index (χ1v) is 6.30. The number of carbonyl (C=O) groups excluding carboxylic acids is 1. The molecule has 0 aliphatic rings. The van der Waals surface area contributed by atoms with Crippen molar-refractivity contribution in [1.82, 2.24) is 0 Å². The normalized spacial score (nSPS) is 10.3. The van der Waals surface area contributed by atoms with E-state index in [1.165, 1.54) is 18.2 Å². The molecular weight excluding hydrogens is 313 g/mol. The number of benzene rings is 2. The third-order valence-corrected chi connectivity index (χ3v) is 3.07. The van der Waals surface area contributed by atoms with Gasteiger partial charge in [0.15, 0.2) is 0 Å². The summed E-state index contributed by atoms with van der Waals surface area (Å²) in [5.41, 5.74) is 5.77. The Bertz CT molecular complexity index is 643. The van der Waals surface area contributed by atoms with Crippen LogP contribution in [0.4, 0.5) is 4.39 Å². The average molecular weight is 324 g/mol. The van der Waals surface area contributed by atoms with Gasteiger partial charge in [-0.05, 0) is 42.8 Å². The summed E-state index contributed by atoms with van der Waals surface area (Å²) in [4.78, 5) is 11.3. The third-order valence-electron chi connectivity index (χ3n) is 2.58. The molecular formula is C14H11BrFNO2. The minimum atomic E-state index is -0.858. The molecule has 0 aliphatic carbocycles. The number of rotatable bonds is 3. The molecule has 1 amide bonds. The lowest BCUT2D eigenvalue weighted by Crippen LogP contribution is -2.14. The quantitative estimate of drug-likeness (QED) is 0.934. The molecule has 19 heavy (non-hydrogen) atoms. The SMILES string of the molecule is Cc1cc(Br)ccc1Oc1cccc(F)c1C(N)=O. The minimum Gasteiger partial charge on any atom is -0.456 e. The Labute approximate surface area is 118 Å². The summed E-state index contributed by atoms with van der Waals surface area (Å²) in [5.74, 6) is -0.906. The first-order valence-electron chi connectivity index (χ1n) is 5.51. The van der Waals surface area contributed by atoms with Crippen LogP contribution in [-0.4, -0.2) is 5.91 Å². The second-order valence-electron chi connectivity index (χ2n) is 3.99. The highest BCUT2D eigenvalue weighted by atomic mass is 79.9. The van der Waals surface area contributed by atoms with E-state index >= 15 is 0 Å². The zero-order valence-electron chi connectivity index (χ0n) is 10.1. The summed E-state index contributed by atoms with van der Waals surface area (Å²) in [7, 11) is 0. The molecule has 2 N–H and O–H groups in total. The number of hydrogen-bond acceptors (Lipinski definition) is 2. The summed E-state index contributed by atoms with van der Waals surface area (Å²) in [5, 5.41) is 0. The van der Waals surface area contributed by atoms with E-state index in [9.17, 15) is 9.18 Å². The maximum absolute atomic E-state index is 13.6. The van der Waals surface area contributed by atoms with Crippen LogP contribution in [0.5, 0.6) is 11.5 Å². The minimum absolute atomic E-state index is 0.109. The summed E-state index contributed by atoms with van der Waals surface area (Å²) in [6, 6.07) is 9.52. The summed E-state index contributed by atoms with van der Waals surface area (Å²) in [6.45, 7) is 1.85. The van der Waals surface area contributed by atoms with Gasteiger partial charge in [-0.1, -0.05) is 22.0 Å². The van der Waals surface area contributed by atoms with E-state index < -0.39 is 11.7 Å². The fraction of sp³-hybridized carbons (Fsp3) is 0.0714. The van der Waals surface area contributed by atoms with Crippen molar-refractivity contribution in [2.24, 2.45) is 5.73 Å². The number of amides is 1. The highest BCUT2D eigenvalue weighted by Gasteiger charge is 2.16. The van der Waals surface area contributed by atoms with Gasteiger partial charge in [-0.25, -0.2) is 4.39 Å². The average Bonchev–Trinajstić information content (AvgIpc) is 2.32. The molecule has 0 fully saturated rings. The van der Waals surface area contributed by atoms with Gasteiger partial charge in [0.25, 0.3) is 5.91 Å². The summed E-state index contributed by atoms with van der Waals surface area (Å²) >= 11 is 3.34. The van der Waals surface area contributed by atoms with Gasteiger partial charge in [0.05, 0.1) is 0 Å². The standard InChI is InChI=1S/C14H11BrFNO2/c1-8-7-9(15)5-6-11(8)19-12-4-2-3-10(16)13(12)14(17)18/h2-7H,1H3,(H2,17,18). The van der Waals surface area contributed by atoms with Crippen LogP contribution in [0, 0.1) is 12.7 Å². The van der Waals surface area contributed by atoms with Crippen LogP contribution in [0.3, 0.4) is 0 Å². The maximum atomic E-state index is 13.6. The van der Waals surface area contributed by atoms with Gasteiger partial charge >= 0.3 is 0 Å². The van der Waals surface area contributed by atoms with E-state index in [1.54, 1.807) is 12.1 Å². The van der Waals surface area contributed by atoms with Crippen molar-refractivity contribution in [3.05, 3.63) is 57.8 Å². The van der Waals surface area contributed by atoms with Crippen LogP contribution >= 0.6 is 15.9 Å². The van der Waals surface area contributed by atoms with Crippen molar-refractivity contribution in [1.29, 1.82) is 0 Å². The number of nitrogens with two attached hydrogens (primary N) is 1. The topological polar surface area (TPSA) is 52.3 Å². The number of ether oxygens (including phenoxy) is 1. The molecule has 0 aliphatic heterocycles. The summed E-state index contributed by atoms with van der Waals surface area (Å²) < 4.78 is 20.1. The van der Waals surface area contributed by atoms with E-state index in [1.807, 2.05) is 13.0 Å². The van der Waals surface area contributed by atoms with Gasteiger partial charge in [0, 0.05) is 4.47 Å². The molecule has 0 atom stereocenters. The lowest BCUT2D eigenvalue weighted by atomic mass is 10.1. The maximum Gasteiger partial charge on any atom is 0.255 e. The van der Waals surface area contributed by atoms with E-state index in [4.69, 9.17) is 10.5 Å². The van der Waals surface area contributed by atoms with Crippen molar-refractivity contribution in [2.75, 3.05) is 0 Å². The predicted molar refractivity (Wildman–Crippen MR) is 73.9 cm³/mol. The third kappa shape index (κ3) is 2.93. The molecule has 0 radical (unpaired) electrons. The fourth-order valence-electron chi connectivity index (χ4n) is 1.67. The number of primary amides is 1. The molecule has 98 valence electrons. The van der Waals surface area contributed by atoms with Gasteiger partial charge in [-0.3, -0.25) is 4.79 Å². The molecule has 0 saturated heterocycles. The molecule has 0 spiro atoms. The first kappa shape index (κ1) is 13.5. The van der Waals surface area contributed by atoms with E-state index in [0.29, 0.717) is 5.75 Å². The fourth-order valence-corrected chi connectivity index (χ4v) is 2.15. The van der Waals surface area contributed by atoms with Crippen LogP contribution in [0.2, 0.25) is 0 Å². The molecule has 5 heteroatoms.